The molecule has 7 nitrogen and oxygen atoms in total. The molecule has 0 fully saturated rings. The molecule has 1 heterocycles. The van der Waals surface area contributed by atoms with E-state index in [2.05, 4.69) is 9.17 Å². The SMILES string of the molecule is CCOC(=O)c1nc(-c2ccc(C(F)(F)F)cc2)oc1-c1ccc(OS(=O)(=O)C(F)(F)F)cc1. The third-order valence-corrected chi connectivity index (χ3v) is 5.14. The number of oxazole rings is 1. The Hall–Kier alpha value is -3.55. The van der Waals surface area contributed by atoms with Crippen LogP contribution in [0, 0.1) is 0 Å². The topological polar surface area (TPSA) is 95.7 Å². The summed E-state index contributed by atoms with van der Waals surface area (Å²) in [7, 11) is -5.89. The predicted molar refractivity (Wildman–Crippen MR) is 104 cm³/mol. The Kier molecular flexibility index (Phi) is 6.64. The van der Waals surface area contributed by atoms with Crippen molar-refractivity contribution in [2.75, 3.05) is 6.61 Å². The van der Waals surface area contributed by atoms with E-state index in [9.17, 15) is 39.6 Å². The molecule has 34 heavy (non-hydrogen) atoms. The zero-order chi connectivity index (χ0) is 25.3. The number of esters is 1. The molecule has 0 aliphatic carbocycles. The Morgan fingerprint density at radius 2 is 1.50 bits per heavy atom. The number of rotatable bonds is 6. The van der Waals surface area contributed by atoms with Gasteiger partial charge in [0.05, 0.1) is 12.2 Å². The minimum absolute atomic E-state index is 0.0389. The lowest BCUT2D eigenvalue weighted by Gasteiger charge is -2.09. The Bertz CT molecular complexity index is 1280. The van der Waals surface area contributed by atoms with E-state index in [0.29, 0.717) is 0 Å². The van der Waals surface area contributed by atoms with Crippen molar-refractivity contribution in [3.63, 3.8) is 0 Å². The van der Waals surface area contributed by atoms with Crippen LogP contribution in [0.15, 0.2) is 52.9 Å². The molecule has 2 aromatic carbocycles. The van der Waals surface area contributed by atoms with E-state index in [4.69, 9.17) is 9.15 Å². The second kappa shape index (κ2) is 9.00. The number of nitrogens with zero attached hydrogens (tertiary/aromatic N) is 1. The summed E-state index contributed by atoms with van der Waals surface area (Å²) in [5.41, 5.74) is -6.73. The normalized spacial score (nSPS) is 12.4. The number of aromatic nitrogens is 1. The first-order valence-corrected chi connectivity index (χ1v) is 10.6. The lowest BCUT2D eigenvalue weighted by atomic mass is 10.1. The highest BCUT2D eigenvalue weighted by Crippen LogP contribution is 2.35. The van der Waals surface area contributed by atoms with Crippen LogP contribution >= 0.6 is 0 Å². The molecule has 0 aliphatic rings. The molecule has 14 heteroatoms. The molecule has 0 atom stereocenters. The van der Waals surface area contributed by atoms with Crippen LogP contribution in [0.2, 0.25) is 0 Å². The second-order valence-electron chi connectivity index (χ2n) is 6.50. The molecule has 3 aromatic rings. The van der Waals surface area contributed by atoms with Gasteiger partial charge in [-0.2, -0.15) is 34.8 Å². The smallest absolute Gasteiger partial charge is 0.461 e. The standard InChI is InChI=1S/C20H13F6NO6S/c1-2-31-18(28)15-16(11-5-9-14(10-6-11)33-34(29,30)20(24,25)26)32-17(27-15)12-3-7-13(8-4-12)19(21,22)23/h3-10H,2H2,1H3. The van der Waals surface area contributed by atoms with Crippen LogP contribution < -0.4 is 4.18 Å². The largest absolute Gasteiger partial charge is 0.534 e. The van der Waals surface area contributed by atoms with Crippen LogP contribution in [-0.4, -0.2) is 31.5 Å². The van der Waals surface area contributed by atoms with Crippen LogP contribution in [0.3, 0.4) is 0 Å². The fourth-order valence-corrected chi connectivity index (χ4v) is 3.07. The summed E-state index contributed by atoms with van der Waals surface area (Å²) in [6.07, 6.45) is -4.57. The average molecular weight is 509 g/mol. The second-order valence-corrected chi connectivity index (χ2v) is 8.04. The van der Waals surface area contributed by atoms with Crippen molar-refractivity contribution in [1.82, 2.24) is 4.98 Å². The molecular weight excluding hydrogens is 496 g/mol. The molecule has 0 saturated carbocycles. The number of carbonyl (C=O) groups excluding carboxylic acids is 1. The molecule has 0 amide bonds. The Labute approximate surface area is 188 Å². The maximum atomic E-state index is 12.8. The highest BCUT2D eigenvalue weighted by atomic mass is 32.2. The monoisotopic (exact) mass is 509 g/mol. The van der Waals surface area contributed by atoms with E-state index in [1.807, 2.05) is 0 Å². The molecule has 3 rings (SSSR count). The van der Waals surface area contributed by atoms with Crippen molar-refractivity contribution in [3.8, 4) is 28.5 Å². The lowest BCUT2D eigenvalue weighted by Crippen LogP contribution is -2.28. The third kappa shape index (κ3) is 5.32. The van der Waals surface area contributed by atoms with Gasteiger partial charge in [0.1, 0.15) is 5.75 Å². The summed E-state index contributed by atoms with van der Waals surface area (Å²) in [4.78, 5) is 16.3. The Balaban J connectivity index is 1.99. The van der Waals surface area contributed by atoms with Gasteiger partial charge in [0.2, 0.25) is 5.89 Å². The van der Waals surface area contributed by atoms with Crippen LogP contribution in [-0.2, 0) is 21.0 Å². The van der Waals surface area contributed by atoms with Crippen molar-refractivity contribution in [2.45, 2.75) is 18.6 Å². The van der Waals surface area contributed by atoms with E-state index >= 15 is 0 Å². The van der Waals surface area contributed by atoms with Gasteiger partial charge in [-0.05, 0) is 55.5 Å². The van der Waals surface area contributed by atoms with Crippen molar-refractivity contribution < 1.29 is 52.9 Å². The van der Waals surface area contributed by atoms with Gasteiger partial charge in [-0.3, -0.25) is 0 Å². The lowest BCUT2D eigenvalue weighted by molar-refractivity contribution is -0.137. The zero-order valence-corrected chi connectivity index (χ0v) is 17.7. The first kappa shape index (κ1) is 25.1. The first-order chi connectivity index (χ1) is 15.7. The number of alkyl halides is 6. The number of hydrogen-bond acceptors (Lipinski definition) is 7. The minimum Gasteiger partial charge on any atom is -0.461 e. The first-order valence-electron chi connectivity index (χ1n) is 9.19. The van der Waals surface area contributed by atoms with Gasteiger partial charge in [-0.1, -0.05) is 0 Å². The molecular formula is C20H13F6NO6S. The van der Waals surface area contributed by atoms with Gasteiger partial charge in [0.15, 0.2) is 11.5 Å². The number of ether oxygens (including phenoxy) is 1. The fourth-order valence-electron chi connectivity index (χ4n) is 2.61. The van der Waals surface area contributed by atoms with E-state index in [0.717, 1.165) is 48.5 Å². The van der Waals surface area contributed by atoms with Crippen LogP contribution in [0.25, 0.3) is 22.8 Å². The molecule has 0 radical (unpaired) electrons. The van der Waals surface area contributed by atoms with Crippen LogP contribution in [0.4, 0.5) is 26.3 Å². The highest BCUT2D eigenvalue weighted by Gasteiger charge is 2.48. The molecule has 0 aliphatic heterocycles. The predicted octanol–water partition coefficient (Wildman–Crippen LogP) is 5.43. The molecule has 0 bridgehead atoms. The number of hydrogen-bond donors (Lipinski definition) is 0. The quantitative estimate of drug-likeness (QED) is 0.189. The summed E-state index contributed by atoms with van der Waals surface area (Å²) in [6.45, 7) is 1.48. The zero-order valence-electron chi connectivity index (χ0n) is 16.9. The highest BCUT2D eigenvalue weighted by molar-refractivity contribution is 7.88. The maximum absolute atomic E-state index is 12.8. The van der Waals surface area contributed by atoms with E-state index < -0.39 is 39.1 Å². The summed E-state index contributed by atoms with van der Waals surface area (Å²) >= 11 is 0. The molecule has 0 spiro atoms. The molecule has 0 N–H and O–H groups in total. The molecule has 182 valence electrons. The van der Waals surface area contributed by atoms with Crippen LogP contribution in [0.5, 0.6) is 5.75 Å². The summed E-state index contributed by atoms with van der Waals surface area (Å²) in [5.74, 6) is -2.04. The van der Waals surface area contributed by atoms with Crippen molar-refractivity contribution >= 4 is 16.1 Å². The van der Waals surface area contributed by atoms with Gasteiger partial charge in [-0.25, -0.2) is 9.78 Å². The van der Waals surface area contributed by atoms with Gasteiger partial charge < -0.3 is 13.3 Å². The minimum atomic E-state index is -5.89. The number of benzene rings is 2. The molecule has 0 unspecified atom stereocenters. The van der Waals surface area contributed by atoms with Gasteiger partial charge >= 0.3 is 27.8 Å². The average Bonchev–Trinajstić information content (AvgIpc) is 3.18. The van der Waals surface area contributed by atoms with E-state index in [1.54, 1.807) is 0 Å². The third-order valence-electron chi connectivity index (χ3n) is 4.16. The van der Waals surface area contributed by atoms with Crippen molar-refractivity contribution in [3.05, 3.63) is 59.8 Å². The summed E-state index contributed by atoms with van der Waals surface area (Å²) < 4.78 is 113. The van der Waals surface area contributed by atoms with Gasteiger partial charge in [-0.15, -0.1) is 0 Å². The van der Waals surface area contributed by atoms with Gasteiger partial charge in [0.25, 0.3) is 0 Å². The maximum Gasteiger partial charge on any atom is 0.534 e. The molecule has 1 aromatic heterocycles. The summed E-state index contributed by atoms with van der Waals surface area (Å²) in [6, 6.07) is 7.69. The number of halogens is 6. The van der Waals surface area contributed by atoms with Gasteiger partial charge in [0, 0.05) is 11.1 Å². The van der Waals surface area contributed by atoms with Crippen molar-refractivity contribution in [1.29, 1.82) is 0 Å². The van der Waals surface area contributed by atoms with Crippen LogP contribution in [0.1, 0.15) is 23.0 Å². The number of carbonyl (C=O) groups is 1. The molecule has 0 saturated heterocycles. The Morgan fingerprint density at radius 3 is 2.00 bits per heavy atom. The van der Waals surface area contributed by atoms with E-state index in [1.165, 1.54) is 6.92 Å². The van der Waals surface area contributed by atoms with Crippen molar-refractivity contribution in [2.24, 2.45) is 0 Å². The Morgan fingerprint density at radius 1 is 0.941 bits per heavy atom. The fraction of sp³-hybridized carbons (Fsp3) is 0.200. The van der Waals surface area contributed by atoms with E-state index in [-0.39, 0.29) is 35.1 Å². The summed E-state index contributed by atoms with van der Waals surface area (Å²) in [5, 5.41) is 0.